The molecule has 3 nitrogen and oxygen atoms in total. The fourth-order valence-corrected chi connectivity index (χ4v) is 2.19. The normalized spacial score (nSPS) is 16.4. The first kappa shape index (κ1) is 14.0. The number of allylic oxidation sites excluding steroid dienone is 2. The maximum absolute atomic E-state index is 6.06. The van der Waals surface area contributed by atoms with E-state index in [1.54, 1.807) is 0 Å². The number of thiocarbonyl (C=S) groups is 1. The predicted octanol–water partition coefficient (Wildman–Crippen LogP) is 4.03. The lowest BCUT2D eigenvalue weighted by Crippen LogP contribution is -2.25. The first-order chi connectivity index (χ1) is 9.06. The van der Waals surface area contributed by atoms with Crippen molar-refractivity contribution >= 4 is 40.3 Å². The van der Waals surface area contributed by atoms with E-state index in [9.17, 15) is 0 Å². The second-order valence-corrected chi connectivity index (χ2v) is 5.39. The molecule has 0 saturated heterocycles. The molecule has 1 aliphatic rings. The van der Waals surface area contributed by atoms with Crippen molar-refractivity contribution in [3.63, 3.8) is 0 Å². The number of nitrogens with one attached hydrogen (secondary N) is 2. The van der Waals surface area contributed by atoms with E-state index < -0.39 is 0 Å². The quantitative estimate of drug-likeness (QED) is 0.638. The summed E-state index contributed by atoms with van der Waals surface area (Å²) in [5.41, 5.74) is 7.11. The van der Waals surface area contributed by atoms with Crippen LogP contribution in [0, 0.1) is 6.92 Å². The summed E-state index contributed by atoms with van der Waals surface area (Å²) in [4.78, 5) is 0. The van der Waals surface area contributed by atoms with Crippen molar-refractivity contribution in [1.82, 2.24) is 5.43 Å². The Morgan fingerprint density at radius 2 is 2.11 bits per heavy atom. The van der Waals surface area contributed by atoms with E-state index in [1.807, 2.05) is 25.1 Å². The summed E-state index contributed by atoms with van der Waals surface area (Å²) >= 11 is 11.3. The maximum atomic E-state index is 6.06. The minimum absolute atomic E-state index is 0.468. The summed E-state index contributed by atoms with van der Waals surface area (Å²) in [6.45, 7) is 4.05. The molecule has 0 amide bonds. The Morgan fingerprint density at radius 1 is 1.32 bits per heavy atom. The molecule has 100 valence electrons. The van der Waals surface area contributed by atoms with Gasteiger partial charge >= 0.3 is 0 Å². The summed E-state index contributed by atoms with van der Waals surface area (Å²) in [6, 6.07) is 5.67. The molecule has 0 spiro atoms. The zero-order valence-corrected chi connectivity index (χ0v) is 12.5. The molecule has 0 radical (unpaired) electrons. The highest BCUT2D eigenvalue weighted by molar-refractivity contribution is 7.80. The monoisotopic (exact) mass is 293 g/mol. The van der Waals surface area contributed by atoms with Crippen LogP contribution >= 0.6 is 23.8 Å². The van der Waals surface area contributed by atoms with Gasteiger partial charge in [-0.15, -0.1) is 0 Å². The maximum Gasteiger partial charge on any atom is 0.191 e. The lowest BCUT2D eigenvalue weighted by Gasteiger charge is -2.11. The summed E-state index contributed by atoms with van der Waals surface area (Å²) < 4.78 is 0. The molecule has 0 heterocycles. The summed E-state index contributed by atoms with van der Waals surface area (Å²) in [6.07, 6.45) is 4.13. The number of anilines is 1. The highest BCUT2D eigenvalue weighted by Crippen LogP contribution is 2.22. The number of hydrazone groups is 1. The van der Waals surface area contributed by atoms with Crippen molar-refractivity contribution < 1.29 is 0 Å². The first-order valence-corrected chi connectivity index (χ1v) is 6.91. The lowest BCUT2D eigenvalue weighted by molar-refractivity contribution is 1.00. The van der Waals surface area contributed by atoms with E-state index in [0.29, 0.717) is 10.1 Å². The van der Waals surface area contributed by atoms with Gasteiger partial charge in [-0.2, -0.15) is 5.10 Å². The van der Waals surface area contributed by atoms with Crippen LogP contribution < -0.4 is 10.7 Å². The number of hydrogen-bond acceptors (Lipinski definition) is 2. The Bertz CT molecular complexity index is 564. The van der Waals surface area contributed by atoms with E-state index in [4.69, 9.17) is 23.8 Å². The van der Waals surface area contributed by atoms with Gasteiger partial charge in [0.1, 0.15) is 0 Å². The van der Waals surface area contributed by atoms with Crippen LogP contribution in [0.2, 0.25) is 5.02 Å². The van der Waals surface area contributed by atoms with Crippen molar-refractivity contribution in [2.75, 3.05) is 5.32 Å². The van der Waals surface area contributed by atoms with Gasteiger partial charge in [0.2, 0.25) is 0 Å². The van der Waals surface area contributed by atoms with Crippen molar-refractivity contribution in [2.24, 2.45) is 5.10 Å². The fourth-order valence-electron chi connectivity index (χ4n) is 1.86. The van der Waals surface area contributed by atoms with Crippen LogP contribution in [0.15, 0.2) is 34.9 Å². The molecule has 1 aromatic rings. The van der Waals surface area contributed by atoms with E-state index in [-0.39, 0.29) is 0 Å². The van der Waals surface area contributed by atoms with Crippen LogP contribution in [0.1, 0.15) is 25.3 Å². The zero-order chi connectivity index (χ0) is 13.8. The summed E-state index contributed by atoms with van der Waals surface area (Å²) in [5, 5.41) is 8.55. The smallest absolute Gasteiger partial charge is 0.191 e. The summed E-state index contributed by atoms with van der Waals surface area (Å²) in [7, 11) is 0. The Kier molecular flexibility index (Phi) is 4.56. The largest absolute Gasteiger partial charge is 0.331 e. The Morgan fingerprint density at radius 3 is 2.79 bits per heavy atom. The number of halogens is 1. The van der Waals surface area contributed by atoms with E-state index >= 15 is 0 Å². The third kappa shape index (κ3) is 3.78. The van der Waals surface area contributed by atoms with Crippen LogP contribution in [0.4, 0.5) is 5.69 Å². The molecule has 2 N–H and O–H groups in total. The minimum atomic E-state index is 0.468. The average molecular weight is 294 g/mol. The average Bonchev–Trinajstić information content (AvgIpc) is 2.78. The van der Waals surface area contributed by atoms with Gasteiger partial charge < -0.3 is 5.32 Å². The second kappa shape index (κ2) is 6.17. The molecule has 2 rings (SSSR count). The summed E-state index contributed by atoms with van der Waals surface area (Å²) in [5.74, 6) is 0. The standard InChI is InChI=1S/C14H16ClN3S/c1-9-6-7-11(8-9)17-18-14(19)16-13-5-3-4-12(15)10(13)2/h3-5,8H,6-7H2,1-2H3,(H2,16,18,19)/b17-11+. The lowest BCUT2D eigenvalue weighted by atomic mass is 10.2. The van der Waals surface area contributed by atoms with Gasteiger partial charge in [-0.1, -0.05) is 23.2 Å². The molecular weight excluding hydrogens is 278 g/mol. The van der Waals surface area contributed by atoms with Gasteiger partial charge in [0.15, 0.2) is 5.11 Å². The molecule has 0 bridgehead atoms. The third-order valence-electron chi connectivity index (χ3n) is 3.01. The predicted molar refractivity (Wildman–Crippen MR) is 86.0 cm³/mol. The highest BCUT2D eigenvalue weighted by Gasteiger charge is 2.07. The molecule has 0 aliphatic heterocycles. The molecule has 5 heteroatoms. The van der Waals surface area contributed by atoms with Gasteiger partial charge in [-0.3, -0.25) is 5.43 Å². The van der Waals surface area contributed by atoms with Crippen LogP contribution in [-0.4, -0.2) is 10.8 Å². The van der Waals surface area contributed by atoms with Gasteiger partial charge in [-0.05, 0) is 62.7 Å². The molecule has 0 saturated carbocycles. The SMILES string of the molecule is CC1=C/C(=N/NC(=S)Nc2cccc(Cl)c2C)CC1. The number of benzene rings is 1. The molecule has 0 fully saturated rings. The molecule has 0 unspecified atom stereocenters. The van der Waals surface area contributed by atoms with Crippen LogP contribution in [0.5, 0.6) is 0 Å². The van der Waals surface area contributed by atoms with Crippen LogP contribution in [0.25, 0.3) is 0 Å². The van der Waals surface area contributed by atoms with Gasteiger partial charge in [0.25, 0.3) is 0 Å². The van der Waals surface area contributed by atoms with E-state index in [1.165, 1.54) is 5.57 Å². The van der Waals surface area contributed by atoms with Crippen molar-refractivity contribution in [1.29, 1.82) is 0 Å². The third-order valence-corrected chi connectivity index (χ3v) is 3.61. The Hall–Kier alpha value is -1.39. The van der Waals surface area contributed by atoms with E-state index in [0.717, 1.165) is 29.8 Å². The van der Waals surface area contributed by atoms with Gasteiger partial charge in [-0.25, -0.2) is 0 Å². The van der Waals surface area contributed by atoms with Crippen molar-refractivity contribution in [3.05, 3.63) is 40.4 Å². The molecule has 0 aromatic heterocycles. The molecule has 0 atom stereocenters. The Labute approximate surface area is 123 Å². The Balaban J connectivity index is 1.97. The number of hydrogen-bond donors (Lipinski definition) is 2. The number of nitrogens with zero attached hydrogens (tertiary/aromatic N) is 1. The molecule has 1 aliphatic carbocycles. The van der Waals surface area contributed by atoms with Crippen molar-refractivity contribution in [2.45, 2.75) is 26.7 Å². The topological polar surface area (TPSA) is 36.4 Å². The fraction of sp³-hybridized carbons (Fsp3) is 0.286. The van der Waals surface area contributed by atoms with E-state index in [2.05, 4.69) is 28.8 Å². The van der Waals surface area contributed by atoms with Crippen molar-refractivity contribution in [3.8, 4) is 0 Å². The minimum Gasteiger partial charge on any atom is -0.331 e. The molecule has 1 aromatic carbocycles. The molecule has 19 heavy (non-hydrogen) atoms. The molecular formula is C14H16ClN3S. The van der Waals surface area contributed by atoms with Crippen LogP contribution in [0.3, 0.4) is 0 Å². The first-order valence-electron chi connectivity index (χ1n) is 6.12. The zero-order valence-electron chi connectivity index (χ0n) is 11.0. The van der Waals surface area contributed by atoms with Crippen LogP contribution in [-0.2, 0) is 0 Å². The van der Waals surface area contributed by atoms with Gasteiger partial charge in [0.05, 0.1) is 5.71 Å². The second-order valence-electron chi connectivity index (χ2n) is 4.57. The van der Waals surface area contributed by atoms with Gasteiger partial charge in [0, 0.05) is 10.7 Å². The number of rotatable bonds is 2. The highest BCUT2D eigenvalue weighted by atomic mass is 35.5.